The van der Waals surface area contributed by atoms with Gasteiger partial charge in [0.15, 0.2) is 0 Å². The van der Waals surface area contributed by atoms with Gasteiger partial charge in [0, 0.05) is 19.2 Å². The van der Waals surface area contributed by atoms with E-state index in [-0.39, 0.29) is 18.1 Å². The third kappa shape index (κ3) is 3.52. The number of nitro groups is 1. The Morgan fingerprint density at radius 3 is 2.80 bits per heavy atom. The number of amides is 1. The number of benzene rings is 1. The molecule has 2 rings (SSSR count). The SMILES string of the molecule is Cc1c(NC(=O)CN2CCOCC2)cccc1[N+](=O)[O-]. The molecule has 1 N–H and O–H groups in total. The van der Waals surface area contributed by atoms with Gasteiger partial charge in [0.05, 0.1) is 35.9 Å². The van der Waals surface area contributed by atoms with Gasteiger partial charge in [-0.3, -0.25) is 19.8 Å². The molecule has 7 heteroatoms. The smallest absolute Gasteiger partial charge is 0.274 e. The molecule has 0 radical (unpaired) electrons. The number of rotatable bonds is 4. The molecule has 0 unspecified atom stereocenters. The fourth-order valence-electron chi connectivity index (χ4n) is 2.11. The second-order valence-electron chi connectivity index (χ2n) is 4.64. The van der Waals surface area contributed by atoms with E-state index < -0.39 is 4.92 Å². The second-order valence-corrected chi connectivity index (χ2v) is 4.64. The number of carbonyl (C=O) groups is 1. The van der Waals surface area contributed by atoms with Crippen LogP contribution in [0.4, 0.5) is 11.4 Å². The molecular weight excluding hydrogens is 262 g/mol. The average molecular weight is 279 g/mol. The van der Waals surface area contributed by atoms with Crippen molar-refractivity contribution >= 4 is 17.3 Å². The predicted molar refractivity (Wildman–Crippen MR) is 73.7 cm³/mol. The normalized spacial score (nSPS) is 15.8. The summed E-state index contributed by atoms with van der Waals surface area (Å²) in [6.45, 7) is 4.60. The van der Waals surface area contributed by atoms with Crippen molar-refractivity contribution < 1.29 is 14.5 Å². The molecule has 0 bridgehead atoms. The van der Waals surface area contributed by atoms with E-state index in [0.29, 0.717) is 24.5 Å². The highest BCUT2D eigenvalue weighted by Gasteiger charge is 2.17. The van der Waals surface area contributed by atoms with E-state index in [1.165, 1.54) is 6.07 Å². The van der Waals surface area contributed by atoms with Crippen molar-refractivity contribution in [2.75, 3.05) is 38.2 Å². The minimum absolute atomic E-state index is 0.00849. The van der Waals surface area contributed by atoms with E-state index in [1.807, 2.05) is 4.90 Å². The van der Waals surface area contributed by atoms with Crippen LogP contribution in [0, 0.1) is 17.0 Å². The summed E-state index contributed by atoms with van der Waals surface area (Å²) < 4.78 is 5.21. The average Bonchev–Trinajstić information content (AvgIpc) is 2.42. The summed E-state index contributed by atoms with van der Waals surface area (Å²) in [5.74, 6) is -0.171. The van der Waals surface area contributed by atoms with Crippen molar-refractivity contribution in [2.45, 2.75) is 6.92 Å². The standard InChI is InChI=1S/C13H17N3O4/c1-10-11(3-2-4-12(10)16(18)19)14-13(17)9-15-5-7-20-8-6-15/h2-4H,5-9H2,1H3,(H,14,17). The number of ether oxygens (including phenoxy) is 1. The van der Waals surface area contributed by atoms with Crippen LogP contribution in [0.2, 0.25) is 0 Å². The summed E-state index contributed by atoms with van der Waals surface area (Å²) in [6.07, 6.45) is 0. The molecule has 0 spiro atoms. The molecule has 20 heavy (non-hydrogen) atoms. The molecule has 1 heterocycles. The first-order valence-electron chi connectivity index (χ1n) is 6.42. The first-order valence-corrected chi connectivity index (χ1v) is 6.42. The Morgan fingerprint density at radius 2 is 2.15 bits per heavy atom. The molecule has 1 aromatic rings. The maximum atomic E-state index is 12.0. The van der Waals surface area contributed by atoms with Gasteiger partial charge < -0.3 is 10.1 Å². The van der Waals surface area contributed by atoms with Gasteiger partial charge in [0.2, 0.25) is 5.91 Å². The lowest BCUT2D eigenvalue weighted by Gasteiger charge is -2.25. The molecule has 0 atom stereocenters. The van der Waals surface area contributed by atoms with Crippen LogP contribution in [-0.4, -0.2) is 48.6 Å². The summed E-state index contributed by atoms with van der Waals surface area (Å²) in [5.41, 5.74) is 0.958. The Hall–Kier alpha value is -1.99. The van der Waals surface area contributed by atoms with Crippen LogP contribution in [0.5, 0.6) is 0 Å². The van der Waals surface area contributed by atoms with Gasteiger partial charge in [-0.25, -0.2) is 0 Å². The van der Waals surface area contributed by atoms with Crippen molar-refractivity contribution in [2.24, 2.45) is 0 Å². The molecule has 0 aromatic heterocycles. The molecule has 1 saturated heterocycles. The monoisotopic (exact) mass is 279 g/mol. The maximum absolute atomic E-state index is 12.0. The predicted octanol–water partition coefficient (Wildman–Crippen LogP) is 1.17. The number of nitrogens with zero attached hydrogens (tertiary/aromatic N) is 2. The number of morpholine rings is 1. The van der Waals surface area contributed by atoms with E-state index in [2.05, 4.69) is 5.32 Å². The zero-order valence-electron chi connectivity index (χ0n) is 11.3. The number of hydrogen-bond donors (Lipinski definition) is 1. The summed E-state index contributed by atoms with van der Waals surface area (Å²) in [7, 11) is 0. The molecule has 0 saturated carbocycles. The van der Waals surface area contributed by atoms with E-state index in [0.717, 1.165) is 13.1 Å². The molecule has 1 aliphatic heterocycles. The van der Waals surface area contributed by atoms with Crippen molar-refractivity contribution in [1.82, 2.24) is 4.90 Å². The van der Waals surface area contributed by atoms with Crippen LogP contribution >= 0.6 is 0 Å². The van der Waals surface area contributed by atoms with E-state index in [9.17, 15) is 14.9 Å². The summed E-state index contributed by atoms with van der Waals surface area (Å²) in [5, 5.41) is 13.6. The number of nitrogens with one attached hydrogen (secondary N) is 1. The molecule has 1 aliphatic rings. The van der Waals surface area contributed by atoms with Crippen LogP contribution in [-0.2, 0) is 9.53 Å². The third-order valence-electron chi connectivity index (χ3n) is 3.25. The number of hydrogen-bond acceptors (Lipinski definition) is 5. The highest BCUT2D eigenvalue weighted by Crippen LogP contribution is 2.24. The maximum Gasteiger partial charge on any atom is 0.274 e. The fraction of sp³-hybridized carbons (Fsp3) is 0.462. The molecule has 1 amide bonds. The quantitative estimate of drug-likeness (QED) is 0.660. The van der Waals surface area contributed by atoms with E-state index >= 15 is 0 Å². The Labute approximate surface area is 116 Å². The van der Waals surface area contributed by atoms with Gasteiger partial charge in [0.25, 0.3) is 5.69 Å². The highest BCUT2D eigenvalue weighted by atomic mass is 16.6. The van der Waals surface area contributed by atoms with Crippen LogP contribution < -0.4 is 5.32 Å². The second kappa shape index (κ2) is 6.44. The lowest BCUT2D eigenvalue weighted by Crippen LogP contribution is -2.41. The lowest BCUT2D eigenvalue weighted by atomic mass is 10.1. The van der Waals surface area contributed by atoms with Gasteiger partial charge in [-0.15, -0.1) is 0 Å². The van der Waals surface area contributed by atoms with Gasteiger partial charge in [-0.2, -0.15) is 0 Å². The van der Waals surface area contributed by atoms with Crippen LogP contribution in [0.15, 0.2) is 18.2 Å². The van der Waals surface area contributed by atoms with Crippen LogP contribution in [0.1, 0.15) is 5.56 Å². The topological polar surface area (TPSA) is 84.7 Å². The molecule has 7 nitrogen and oxygen atoms in total. The van der Waals surface area contributed by atoms with Gasteiger partial charge in [-0.05, 0) is 13.0 Å². The molecule has 1 aromatic carbocycles. The summed E-state index contributed by atoms with van der Waals surface area (Å²) in [6, 6.07) is 4.65. The third-order valence-corrected chi connectivity index (χ3v) is 3.25. The molecular formula is C13H17N3O4. The van der Waals surface area contributed by atoms with Crippen LogP contribution in [0.25, 0.3) is 0 Å². The Morgan fingerprint density at radius 1 is 1.45 bits per heavy atom. The van der Waals surface area contributed by atoms with Gasteiger partial charge >= 0.3 is 0 Å². The van der Waals surface area contributed by atoms with Crippen molar-refractivity contribution in [3.63, 3.8) is 0 Å². The number of carbonyl (C=O) groups excluding carboxylic acids is 1. The van der Waals surface area contributed by atoms with Gasteiger partial charge in [0.1, 0.15) is 0 Å². The Bertz CT molecular complexity index is 512. The molecule has 108 valence electrons. The highest BCUT2D eigenvalue weighted by molar-refractivity contribution is 5.93. The number of anilines is 1. The Balaban J connectivity index is 2.00. The first-order chi connectivity index (χ1) is 9.58. The summed E-state index contributed by atoms with van der Waals surface area (Å²) in [4.78, 5) is 24.3. The zero-order chi connectivity index (χ0) is 14.5. The fourth-order valence-corrected chi connectivity index (χ4v) is 2.11. The number of nitro benzene ring substituents is 1. The molecule has 1 fully saturated rings. The summed E-state index contributed by atoms with van der Waals surface area (Å²) >= 11 is 0. The van der Waals surface area contributed by atoms with Crippen LogP contribution in [0.3, 0.4) is 0 Å². The van der Waals surface area contributed by atoms with Gasteiger partial charge in [-0.1, -0.05) is 6.07 Å². The van der Waals surface area contributed by atoms with Crippen molar-refractivity contribution in [3.8, 4) is 0 Å². The van der Waals surface area contributed by atoms with Crippen molar-refractivity contribution in [1.29, 1.82) is 0 Å². The zero-order valence-corrected chi connectivity index (χ0v) is 11.3. The van der Waals surface area contributed by atoms with E-state index in [1.54, 1.807) is 19.1 Å². The minimum Gasteiger partial charge on any atom is -0.379 e. The van der Waals surface area contributed by atoms with E-state index in [4.69, 9.17) is 4.74 Å². The lowest BCUT2D eigenvalue weighted by molar-refractivity contribution is -0.385. The molecule has 0 aliphatic carbocycles. The first kappa shape index (κ1) is 14.4. The van der Waals surface area contributed by atoms with Crippen molar-refractivity contribution in [3.05, 3.63) is 33.9 Å². The largest absolute Gasteiger partial charge is 0.379 e. The minimum atomic E-state index is -0.451. The Kier molecular flexibility index (Phi) is 4.65.